The normalized spacial score (nSPS) is 10.8. The molecule has 11 heteroatoms. The van der Waals surface area contributed by atoms with E-state index < -0.39 is 17.7 Å². The number of aromatic nitrogens is 2. The Morgan fingerprint density at radius 1 is 1.06 bits per heavy atom. The molecule has 36 heavy (non-hydrogen) atoms. The molecule has 0 radical (unpaired) electrons. The number of hydrogen-bond donors (Lipinski definition) is 3. The van der Waals surface area contributed by atoms with Gasteiger partial charge in [-0.2, -0.15) is 0 Å². The van der Waals surface area contributed by atoms with Gasteiger partial charge in [-0.15, -0.1) is 12.4 Å². The summed E-state index contributed by atoms with van der Waals surface area (Å²) in [5, 5.41) is 8.47. The third-order valence-electron chi connectivity index (χ3n) is 5.37. The topological polar surface area (TPSA) is 88.1 Å². The summed E-state index contributed by atoms with van der Waals surface area (Å²) in [6.45, 7) is 3.75. The number of benzene rings is 2. The van der Waals surface area contributed by atoms with E-state index in [-0.39, 0.29) is 51.5 Å². The number of urea groups is 1. The Kier molecular flexibility index (Phi) is 8.17. The molecule has 3 N–H and O–H groups in total. The molecule has 2 aromatic carbocycles. The lowest BCUT2D eigenvalue weighted by Gasteiger charge is -2.18. The van der Waals surface area contributed by atoms with Gasteiger partial charge in [0.1, 0.15) is 17.5 Å². The van der Waals surface area contributed by atoms with Crippen LogP contribution in [0, 0.1) is 11.6 Å². The molecule has 7 nitrogen and oxygen atoms in total. The maximum absolute atomic E-state index is 14.7. The Hall–Kier alpha value is -3.69. The Balaban J connectivity index is 0.00000361. The van der Waals surface area contributed by atoms with Crippen molar-refractivity contribution in [1.29, 1.82) is 0 Å². The van der Waals surface area contributed by atoms with Crippen LogP contribution in [0.25, 0.3) is 22.0 Å². The van der Waals surface area contributed by atoms with E-state index in [0.29, 0.717) is 16.7 Å². The van der Waals surface area contributed by atoms with E-state index >= 15 is 0 Å². The molecule has 0 aliphatic carbocycles. The van der Waals surface area contributed by atoms with Crippen molar-refractivity contribution in [2.75, 3.05) is 23.0 Å². The van der Waals surface area contributed by atoms with Crippen molar-refractivity contribution in [3.05, 3.63) is 81.7 Å². The standard InChI is InChI=1S/C25H22ClF2N5O2.ClH/c1-13(2)33-22-11-23(29-3)30-12-14(22)7-18(24(33)34)17-9-21(20(28)10-19(17)26)32-25(35)31-16-6-4-5-15(27)8-16;/h4-13H,1-3H3,(H,29,30)(H2,31,32,35);1H. The summed E-state index contributed by atoms with van der Waals surface area (Å²) in [5.74, 6) is -0.718. The number of carbonyl (C=O) groups is 1. The highest BCUT2D eigenvalue weighted by Crippen LogP contribution is 2.33. The van der Waals surface area contributed by atoms with Crippen molar-refractivity contribution in [2.45, 2.75) is 19.9 Å². The number of halogens is 4. The van der Waals surface area contributed by atoms with Crippen LogP contribution in [0.5, 0.6) is 0 Å². The average Bonchev–Trinajstić information content (AvgIpc) is 2.80. The Morgan fingerprint density at radius 2 is 1.81 bits per heavy atom. The smallest absolute Gasteiger partial charge is 0.323 e. The number of carbonyl (C=O) groups excluding carboxylic acids is 1. The minimum absolute atomic E-state index is 0. The van der Waals surface area contributed by atoms with Crippen molar-refractivity contribution in [3.8, 4) is 11.1 Å². The predicted octanol–water partition coefficient (Wildman–Crippen LogP) is 6.68. The maximum Gasteiger partial charge on any atom is 0.323 e. The lowest BCUT2D eigenvalue weighted by atomic mass is 10.0. The maximum atomic E-state index is 14.7. The number of amides is 2. The fourth-order valence-electron chi connectivity index (χ4n) is 3.78. The summed E-state index contributed by atoms with van der Waals surface area (Å²) >= 11 is 6.34. The van der Waals surface area contributed by atoms with Crippen LogP contribution >= 0.6 is 24.0 Å². The second kappa shape index (κ2) is 10.9. The fourth-order valence-corrected chi connectivity index (χ4v) is 4.03. The number of anilines is 3. The van der Waals surface area contributed by atoms with E-state index in [4.69, 9.17) is 11.6 Å². The molecule has 188 valence electrons. The summed E-state index contributed by atoms with van der Waals surface area (Å²) in [4.78, 5) is 30.2. The zero-order valence-corrected chi connectivity index (χ0v) is 21.1. The fraction of sp³-hybridized carbons (Fsp3) is 0.160. The number of nitrogens with zero attached hydrogens (tertiary/aromatic N) is 2. The highest BCUT2D eigenvalue weighted by Gasteiger charge is 2.19. The first-order valence-electron chi connectivity index (χ1n) is 10.7. The highest BCUT2D eigenvalue weighted by atomic mass is 35.5. The van der Waals surface area contributed by atoms with Gasteiger partial charge in [0.15, 0.2) is 0 Å². The molecule has 2 aromatic heterocycles. The molecule has 0 spiro atoms. The molecule has 0 saturated heterocycles. The lowest BCUT2D eigenvalue weighted by molar-refractivity contribution is 0.262. The van der Waals surface area contributed by atoms with Crippen LogP contribution in [0.4, 0.5) is 30.8 Å². The van der Waals surface area contributed by atoms with Crippen molar-refractivity contribution < 1.29 is 13.6 Å². The van der Waals surface area contributed by atoms with Crippen molar-refractivity contribution in [2.24, 2.45) is 0 Å². The summed E-state index contributed by atoms with van der Waals surface area (Å²) in [5.41, 5.74) is 0.818. The lowest BCUT2D eigenvalue weighted by Crippen LogP contribution is -2.24. The molecule has 2 amide bonds. The number of rotatable bonds is 5. The van der Waals surface area contributed by atoms with Gasteiger partial charge in [-0.1, -0.05) is 17.7 Å². The van der Waals surface area contributed by atoms with E-state index in [1.165, 1.54) is 24.3 Å². The van der Waals surface area contributed by atoms with Crippen LogP contribution in [0.1, 0.15) is 19.9 Å². The van der Waals surface area contributed by atoms with Crippen LogP contribution in [0.3, 0.4) is 0 Å². The van der Waals surface area contributed by atoms with Gasteiger partial charge in [-0.25, -0.2) is 18.6 Å². The van der Waals surface area contributed by atoms with Crippen LogP contribution in [-0.2, 0) is 0 Å². The summed E-state index contributed by atoms with van der Waals surface area (Å²) < 4.78 is 29.7. The van der Waals surface area contributed by atoms with Crippen LogP contribution < -0.4 is 21.5 Å². The van der Waals surface area contributed by atoms with Gasteiger partial charge >= 0.3 is 6.03 Å². The van der Waals surface area contributed by atoms with E-state index in [9.17, 15) is 18.4 Å². The number of hydrogen-bond acceptors (Lipinski definition) is 4. The molecule has 0 unspecified atom stereocenters. The molecular weight excluding hydrogens is 511 g/mol. The molecule has 4 rings (SSSR count). The quantitative estimate of drug-likeness (QED) is 0.267. The average molecular weight is 534 g/mol. The summed E-state index contributed by atoms with van der Waals surface area (Å²) in [6.07, 6.45) is 1.63. The summed E-state index contributed by atoms with van der Waals surface area (Å²) in [6, 6.07) is 10.0. The molecular formula is C25H23Cl2F2N5O2. The van der Waals surface area contributed by atoms with Crippen LogP contribution in [-0.4, -0.2) is 22.6 Å². The molecule has 0 atom stereocenters. The zero-order valence-electron chi connectivity index (χ0n) is 19.5. The molecule has 0 saturated carbocycles. The van der Waals surface area contributed by atoms with E-state index in [2.05, 4.69) is 20.9 Å². The van der Waals surface area contributed by atoms with Gasteiger partial charge in [0.05, 0.1) is 16.2 Å². The third-order valence-corrected chi connectivity index (χ3v) is 5.68. The van der Waals surface area contributed by atoms with Gasteiger partial charge < -0.3 is 20.5 Å². The van der Waals surface area contributed by atoms with Crippen molar-refractivity contribution in [3.63, 3.8) is 0 Å². The second-order valence-electron chi connectivity index (χ2n) is 8.11. The molecule has 2 heterocycles. The minimum Gasteiger partial charge on any atom is -0.373 e. The number of nitrogens with one attached hydrogen (secondary N) is 3. The van der Waals surface area contributed by atoms with Crippen LogP contribution in [0.2, 0.25) is 5.02 Å². The van der Waals surface area contributed by atoms with Gasteiger partial charge in [0, 0.05) is 47.6 Å². The zero-order chi connectivity index (χ0) is 25.3. The van der Waals surface area contributed by atoms with Crippen molar-refractivity contribution >= 4 is 58.1 Å². The van der Waals surface area contributed by atoms with Gasteiger partial charge in [-0.05, 0) is 50.2 Å². The van der Waals surface area contributed by atoms with Gasteiger partial charge in [0.25, 0.3) is 5.56 Å². The second-order valence-corrected chi connectivity index (χ2v) is 8.51. The third kappa shape index (κ3) is 5.42. The highest BCUT2D eigenvalue weighted by molar-refractivity contribution is 6.33. The predicted molar refractivity (Wildman–Crippen MR) is 143 cm³/mol. The van der Waals surface area contributed by atoms with Crippen molar-refractivity contribution in [1.82, 2.24) is 9.55 Å². The Labute approximate surface area is 216 Å². The van der Waals surface area contributed by atoms with Gasteiger partial charge in [0.2, 0.25) is 0 Å². The first-order valence-corrected chi connectivity index (χ1v) is 11.1. The van der Waals surface area contributed by atoms with Gasteiger partial charge in [-0.3, -0.25) is 4.79 Å². The Morgan fingerprint density at radius 3 is 2.47 bits per heavy atom. The van der Waals surface area contributed by atoms with E-state index in [0.717, 1.165) is 12.1 Å². The molecule has 0 fully saturated rings. The first-order chi connectivity index (χ1) is 16.7. The van der Waals surface area contributed by atoms with E-state index in [1.807, 2.05) is 13.8 Å². The molecule has 0 aliphatic heterocycles. The molecule has 0 aliphatic rings. The van der Waals surface area contributed by atoms with E-state index in [1.54, 1.807) is 29.9 Å². The first kappa shape index (κ1) is 26.9. The molecule has 0 bridgehead atoms. The van der Waals surface area contributed by atoms with Crippen LogP contribution in [0.15, 0.2) is 59.5 Å². The minimum atomic E-state index is -0.793. The monoisotopic (exact) mass is 533 g/mol. The SMILES string of the molecule is CNc1cc2c(cn1)cc(-c1cc(NC(=O)Nc3cccc(F)c3)c(F)cc1Cl)c(=O)n2C(C)C.Cl. The Bertz CT molecular complexity index is 1510. The number of pyridine rings is 2. The number of fused-ring (bicyclic) bond motifs is 1. The molecule has 4 aromatic rings. The summed E-state index contributed by atoms with van der Waals surface area (Å²) in [7, 11) is 1.73. The largest absolute Gasteiger partial charge is 0.373 e.